The molecule has 0 aromatic heterocycles. The minimum absolute atomic E-state index is 0.0436. The van der Waals surface area contributed by atoms with Crippen LogP contribution in [-0.2, 0) is 102 Å². The number of hydrogen-bond donors (Lipinski definition) is 3. The molecule has 632 valence electrons. The molecule has 113 heavy (non-hydrogen) atoms. The van der Waals surface area contributed by atoms with Gasteiger partial charge in [0.1, 0.15) is 84.7 Å². The number of likely N-dealkylation sites (tertiary alicyclic amines) is 4. The number of carbonyl (C=O) groups excluding carboxylic acids is 16. The van der Waals surface area contributed by atoms with Crippen LogP contribution in [0.4, 0.5) is 0 Å². The van der Waals surface area contributed by atoms with Crippen molar-refractivity contribution in [3.05, 3.63) is 35.9 Å². The number of hydrogen-bond acceptors (Lipinski definition) is 20. The van der Waals surface area contributed by atoms with Crippen molar-refractivity contribution in [2.24, 2.45) is 29.6 Å². The highest BCUT2D eigenvalue weighted by atomic mass is 16.6. The molecular formula is C81H128N12O20. The van der Waals surface area contributed by atoms with Gasteiger partial charge in [-0.1, -0.05) is 112 Å². The zero-order chi connectivity index (χ0) is 85.1. The van der Waals surface area contributed by atoms with Crippen molar-refractivity contribution in [1.82, 2.24) is 60.0 Å². The molecule has 3 N–H and O–H groups in total. The number of rotatable bonds is 35. The molecule has 4 aliphatic heterocycles. The van der Waals surface area contributed by atoms with Crippen LogP contribution in [0.3, 0.4) is 0 Å². The fourth-order valence-corrected chi connectivity index (χ4v) is 16.3. The number of esters is 4. The van der Waals surface area contributed by atoms with Gasteiger partial charge in [0.05, 0.1) is 7.11 Å². The topological polar surface area (TPSA) is 375 Å². The molecule has 4 saturated heterocycles. The van der Waals surface area contributed by atoms with Gasteiger partial charge in [-0.25, -0.2) is 4.79 Å². The summed E-state index contributed by atoms with van der Waals surface area (Å²) in [4.78, 5) is 240. The summed E-state index contributed by atoms with van der Waals surface area (Å²) in [6.07, 6.45) is 0.968. The first kappa shape index (κ1) is 94.3. The maximum absolute atomic E-state index is 15.3. The van der Waals surface area contributed by atoms with Gasteiger partial charge in [0.2, 0.25) is 65.0 Å². The lowest BCUT2D eigenvalue weighted by atomic mass is 9.92. The zero-order valence-corrected chi connectivity index (χ0v) is 70.6. The number of amides is 12. The van der Waals surface area contributed by atoms with E-state index in [1.807, 2.05) is 26.8 Å². The molecule has 4 aliphatic rings. The molecule has 1 aromatic carbocycles. The van der Waals surface area contributed by atoms with Crippen LogP contribution in [0.25, 0.3) is 0 Å². The molecule has 4 heterocycles. The third kappa shape index (κ3) is 23.5. The molecule has 0 radical (unpaired) electrons. The molecule has 1 aromatic rings. The van der Waals surface area contributed by atoms with Gasteiger partial charge in [-0.05, 0) is 120 Å². The third-order valence-electron chi connectivity index (χ3n) is 22.7. The van der Waals surface area contributed by atoms with Crippen LogP contribution in [0.5, 0.6) is 0 Å². The lowest BCUT2D eigenvalue weighted by Gasteiger charge is -2.43. The van der Waals surface area contributed by atoms with Gasteiger partial charge in [-0.3, -0.25) is 71.9 Å². The summed E-state index contributed by atoms with van der Waals surface area (Å²) in [5.41, 5.74) is 0.734. The summed E-state index contributed by atoms with van der Waals surface area (Å²) in [5.74, 6) is -13.8. The number of ether oxygens (including phenoxy) is 4. The van der Waals surface area contributed by atoms with Gasteiger partial charge in [0, 0.05) is 88.6 Å². The number of nitrogens with one attached hydrogen (secondary N) is 3. The van der Waals surface area contributed by atoms with Crippen LogP contribution >= 0.6 is 0 Å². The smallest absolute Gasteiger partial charge is 0.328 e. The monoisotopic (exact) mass is 1590 g/mol. The molecule has 3 unspecified atom stereocenters. The van der Waals surface area contributed by atoms with Crippen LogP contribution in [-0.4, -0.2) is 298 Å². The fourth-order valence-electron chi connectivity index (χ4n) is 16.3. The first-order valence-corrected chi connectivity index (χ1v) is 40.1. The minimum Gasteiger partial charge on any atom is -0.467 e. The highest BCUT2D eigenvalue weighted by Crippen LogP contribution is 2.31. The summed E-state index contributed by atoms with van der Waals surface area (Å²) >= 11 is 0. The molecule has 0 aliphatic carbocycles. The second kappa shape index (κ2) is 42.7. The average Bonchev–Trinajstić information content (AvgIpc) is 1.75. The predicted molar refractivity (Wildman–Crippen MR) is 416 cm³/mol. The molecule has 17 atom stereocenters. The number of methoxy groups -OCH3 is 1. The molecule has 5 rings (SSSR count). The van der Waals surface area contributed by atoms with E-state index in [4.69, 9.17) is 18.9 Å². The average molecular weight is 1590 g/mol. The molecule has 0 spiro atoms. The standard InChI is InChI=1S/C81H128N12O20/c1-23-48(9)63(84-70(98)58-38-32-42-91(58)79(107)65(47(7)8)85(17)74(102)61(113-55(16)96)44-56-34-26-25-27-35-56)76(104)90-40-30-28-36-57(90)69(97)82-50(11)72(100)92-43-33-39-59(92)73(101)88(20)67(51(12)111-53(14)94)71(99)83-62(45(3)4)75(103)89(21)68(52(13)112-54(15)95)78(106)86(18)64(46(5)6)77(105)87(19)66(49(10)24-2)80(108)93-41-31-29-37-60(93)81(109)110-22/h25-27,34-35,45-52,57-68H,23-24,28-33,36-44H2,1-22H3,(H,82,97)(H,83,99)(H,84,98)/t48-,49?,50-,51?,52?,57-,58-,59-,60-,61+,62-,63-,64-,65-,66-,67-,68-/m0/s1. The highest BCUT2D eigenvalue weighted by molar-refractivity contribution is 6.01. The lowest BCUT2D eigenvalue weighted by molar-refractivity contribution is -0.164. The molecule has 0 bridgehead atoms. The predicted octanol–water partition coefficient (Wildman–Crippen LogP) is 3.65. The van der Waals surface area contributed by atoms with Crippen molar-refractivity contribution in [3.63, 3.8) is 0 Å². The van der Waals surface area contributed by atoms with E-state index in [1.165, 1.54) is 99.4 Å². The van der Waals surface area contributed by atoms with Gasteiger partial charge in [-0.2, -0.15) is 0 Å². The Morgan fingerprint density at radius 1 is 0.416 bits per heavy atom. The van der Waals surface area contributed by atoms with Gasteiger partial charge >= 0.3 is 23.9 Å². The van der Waals surface area contributed by atoms with E-state index in [2.05, 4.69) is 16.0 Å². The van der Waals surface area contributed by atoms with E-state index >= 15 is 28.8 Å². The van der Waals surface area contributed by atoms with E-state index in [0.717, 1.165) is 34.1 Å². The van der Waals surface area contributed by atoms with Crippen molar-refractivity contribution < 1.29 is 95.7 Å². The maximum Gasteiger partial charge on any atom is 0.328 e. The van der Waals surface area contributed by atoms with Crippen molar-refractivity contribution in [3.8, 4) is 0 Å². The second-order valence-electron chi connectivity index (χ2n) is 32.1. The Morgan fingerprint density at radius 3 is 1.35 bits per heavy atom. The number of likely N-dealkylation sites (N-methyl/N-ethyl adjacent to an activating group) is 5. The van der Waals surface area contributed by atoms with Gasteiger partial charge < -0.3 is 79.0 Å². The van der Waals surface area contributed by atoms with E-state index < -0.39 is 215 Å². The molecule has 32 heteroatoms. The minimum atomic E-state index is -1.68. The van der Waals surface area contributed by atoms with E-state index in [1.54, 1.807) is 72.7 Å². The highest BCUT2D eigenvalue weighted by Gasteiger charge is 2.50. The van der Waals surface area contributed by atoms with E-state index in [0.29, 0.717) is 57.8 Å². The van der Waals surface area contributed by atoms with Gasteiger partial charge in [0.25, 0.3) is 5.91 Å². The Bertz CT molecular complexity index is 3560. The fraction of sp³-hybridized carbons (Fsp3) is 0.728. The quantitative estimate of drug-likeness (QED) is 0.0645. The van der Waals surface area contributed by atoms with Gasteiger partial charge in [0.15, 0.2) is 6.10 Å². The van der Waals surface area contributed by atoms with Crippen molar-refractivity contribution in [2.45, 2.75) is 285 Å². The van der Waals surface area contributed by atoms with Crippen molar-refractivity contribution in [2.75, 3.05) is 68.5 Å². The van der Waals surface area contributed by atoms with Crippen LogP contribution in [0.2, 0.25) is 0 Å². The summed E-state index contributed by atoms with van der Waals surface area (Å²) in [6, 6.07) is -5.94. The number of nitrogens with zero attached hydrogens (tertiary/aromatic N) is 9. The first-order chi connectivity index (χ1) is 53.0. The molecule has 32 nitrogen and oxygen atoms in total. The Balaban J connectivity index is 1.34. The van der Waals surface area contributed by atoms with E-state index in [9.17, 15) is 47.9 Å². The molecular weight excluding hydrogens is 1460 g/mol. The summed E-state index contributed by atoms with van der Waals surface area (Å²) in [6.45, 7) is 25.7. The summed E-state index contributed by atoms with van der Waals surface area (Å²) in [5, 5.41) is 8.48. The molecule has 4 fully saturated rings. The third-order valence-corrected chi connectivity index (χ3v) is 22.7. The lowest BCUT2D eigenvalue weighted by Crippen LogP contribution is -2.65. The Labute approximate surface area is 666 Å². The number of piperidine rings is 2. The van der Waals surface area contributed by atoms with Crippen molar-refractivity contribution in [1.29, 1.82) is 0 Å². The normalized spacial score (nSPS) is 20.5. The zero-order valence-electron chi connectivity index (χ0n) is 70.6. The van der Waals surface area contributed by atoms with Crippen LogP contribution in [0.1, 0.15) is 193 Å². The largest absolute Gasteiger partial charge is 0.467 e. The SMILES string of the molecule is CCC(C)[C@@H](C(=O)N1CCCC[C@H]1C(=O)OC)N(C)C(=O)[C@H](C(C)C)N(C)C(=O)[C@H](C(C)OC(C)=O)N(C)C(=O)[C@@H](NC(=O)[C@H](C(C)OC(C)=O)N(C)C(=O)[C@@H]1CCCN1C(=O)[C@H](C)NC(=O)[C@@H]1CCCCN1C(=O)[C@@H](NC(=O)[C@@H]1CCCN1C(=O)[C@H](C(C)C)N(C)C(=O)[C@@H](Cc1ccccc1)OC(C)=O)[C@@H](C)CC)C(C)C. The van der Waals surface area contributed by atoms with E-state index in [-0.39, 0.29) is 51.9 Å². The first-order valence-electron chi connectivity index (χ1n) is 40.1. The Kier molecular flexibility index (Phi) is 35.7. The Hall–Kier alpha value is -9.26. The van der Waals surface area contributed by atoms with Crippen LogP contribution in [0, 0.1) is 29.6 Å². The second-order valence-corrected chi connectivity index (χ2v) is 32.1. The maximum atomic E-state index is 15.3. The van der Waals surface area contributed by atoms with Crippen molar-refractivity contribution >= 4 is 94.8 Å². The summed E-state index contributed by atoms with van der Waals surface area (Å²) < 4.78 is 21.7. The van der Waals surface area contributed by atoms with Gasteiger partial charge in [-0.15, -0.1) is 0 Å². The molecule has 12 amide bonds. The number of benzene rings is 1. The molecule has 0 saturated carbocycles. The van der Waals surface area contributed by atoms with Crippen LogP contribution < -0.4 is 16.0 Å². The number of carbonyl (C=O) groups is 16. The summed E-state index contributed by atoms with van der Waals surface area (Å²) in [7, 11) is 8.07. The Morgan fingerprint density at radius 2 is 0.841 bits per heavy atom. The van der Waals surface area contributed by atoms with Crippen LogP contribution in [0.15, 0.2) is 30.3 Å².